The second-order valence-electron chi connectivity index (χ2n) is 3.42. The lowest BCUT2D eigenvalue weighted by Crippen LogP contribution is -2.19. The molecule has 2 N–H and O–H groups in total. The van der Waals surface area contributed by atoms with Gasteiger partial charge in [-0.3, -0.25) is 0 Å². The molecule has 1 aromatic rings. The van der Waals surface area contributed by atoms with E-state index in [2.05, 4.69) is 15.3 Å². The Morgan fingerprint density at radius 3 is 2.43 bits per heavy atom. The maximum atomic E-state index is 9.34. The quantitative estimate of drug-likeness (QED) is 0.759. The molecule has 1 unspecified atom stereocenters. The summed E-state index contributed by atoms with van der Waals surface area (Å²) in [5.41, 5.74) is 1.87. The highest BCUT2D eigenvalue weighted by Gasteiger charge is 2.02. The van der Waals surface area contributed by atoms with Crippen molar-refractivity contribution in [2.45, 2.75) is 33.3 Å². The summed E-state index contributed by atoms with van der Waals surface area (Å²) < 4.78 is 0. The summed E-state index contributed by atoms with van der Waals surface area (Å²) in [4.78, 5) is 8.41. The van der Waals surface area contributed by atoms with E-state index in [0.29, 0.717) is 12.5 Å². The zero-order valence-electron chi connectivity index (χ0n) is 8.91. The lowest BCUT2D eigenvalue weighted by atomic mass is 10.3. The molecule has 1 atom stereocenters. The second-order valence-corrected chi connectivity index (χ2v) is 3.42. The van der Waals surface area contributed by atoms with Crippen LogP contribution < -0.4 is 5.32 Å². The highest BCUT2D eigenvalue weighted by molar-refractivity contribution is 5.27. The van der Waals surface area contributed by atoms with Crippen LogP contribution in [0.25, 0.3) is 0 Å². The maximum Gasteiger partial charge on any atom is 0.223 e. The zero-order chi connectivity index (χ0) is 10.6. The van der Waals surface area contributed by atoms with E-state index in [4.69, 9.17) is 0 Å². The van der Waals surface area contributed by atoms with Crippen molar-refractivity contribution in [3.05, 3.63) is 17.5 Å². The van der Waals surface area contributed by atoms with Gasteiger partial charge in [-0.1, -0.05) is 6.92 Å². The highest BCUT2D eigenvalue weighted by Crippen LogP contribution is 2.03. The van der Waals surface area contributed by atoms with Crippen molar-refractivity contribution in [3.8, 4) is 0 Å². The van der Waals surface area contributed by atoms with E-state index in [-0.39, 0.29) is 6.10 Å². The summed E-state index contributed by atoms with van der Waals surface area (Å²) in [5, 5.41) is 12.3. The lowest BCUT2D eigenvalue weighted by molar-refractivity contribution is 0.183. The fourth-order valence-electron chi connectivity index (χ4n) is 1.16. The van der Waals surface area contributed by atoms with Crippen LogP contribution >= 0.6 is 0 Å². The number of nitrogens with zero attached hydrogens (tertiary/aromatic N) is 2. The molecule has 0 saturated carbocycles. The average Bonchev–Trinajstić information content (AvgIpc) is 2.12. The van der Waals surface area contributed by atoms with Gasteiger partial charge in [-0.25, -0.2) is 9.97 Å². The van der Waals surface area contributed by atoms with Crippen molar-refractivity contribution < 1.29 is 5.11 Å². The van der Waals surface area contributed by atoms with Gasteiger partial charge in [0.2, 0.25) is 5.95 Å². The molecular weight excluding hydrogens is 178 g/mol. The van der Waals surface area contributed by atoms with Crippen LogP contribution in [-0.4, -0.2) is 27.7 Å². The number of aliphatic hydroxyl groups is 1. The molecule has 0 fully saturated rings. The number of aryl methyl sites for hydroxylation is 2. The summed E-state index contributed by atoms with van der Waals surface area (Å²) in [6.07, 6.45) is 0.400. The standard InChI is InChI=1S/C10H17N3O/c1-4-9(14)6-11-10-12-7(2)5-8(3)13-10/h5,9,14H,4,6H2,1-3H3,(H,11,12,13). The lowest BCUT2D eigenvalue weighted by Gasteiger charge is -2.09. The Morgan fingerprint density at radius 2 is 1.93 bits per heavy atom. The van der Waals surface area contributed by atoms with Crippen LogP contribution in [0, 0.1) is 13.8 Å². The Balaban J connectivity index is 2.58. The van der Waals surface area contributed by atoms with Crippen molar-refractivity contribution in [1.29, 1.82) is 0 Å². The van der Waals surface area contributed by atoms with Crippen LogP contribution in [0.3, 0.4) is 0 Å². The molecule has 0 amide bonds. The summed E-state index contributed by atoms with van der Waals surface area (Å²) >= 11 is 0. The van der Waals surface area contributed by atoms with Crippen molar-refractivity contribution in [2.75, 3.05) is 11.9 Å². The topological polar surface area (TPSA) is 58.0 Å². The first-order valence-corrected chi connectivity index (χ1v) is 4.86. The van der Waals surface area contributed by atoms with E-state index in [1.54, 1.807) is 0 Å². The SMILES string of the molecule is CCC(O)CNc1nc(C)cc(C)n1. The van der Waals surface area contributed by atoms with Gasteiger partial charge in [0.25, 0.3) is 0 Å². The van der Waals surface area contributed by atoms with Gasteiger partial charge >= 0.3 is 0 Å². The molecule has 4 heteroatoms. The molecule has 1 aromatic heterocycles. The second kappa shape index (κ2) is 4.91. The van der Waals surface area contributed by atoms with Gasteiger partial charge in [-0.2, -0.15) is 0 Å². The molecule has 0 saturated heterocycles. The van der Waals surface area contributed by atoms with Crippen LogP contribution in [0.1, 0.15) is 24.7 Å². The minimum absolute atomic E-state index is 0.334. The van der Waals surface area contributed by atoms with E-state index in [1.165, 1.54) is 0 Å². The highest BCUT2D eigenvalue weighted by atomic mass is 16.3. The van der Waals surface area contributed by atoms with E-state index < -0.39 is 0 Å². The van der Waals surface area contributed by atoms with Crippen LogP contribution in [0.2, 0.25) is 0 Å². The van der Waals surface area contributed by atoms with Crippen molar-refractivity contribution in [3.63, 3.8) is 0 Å². The van der Waals surface area contributed by atoms with Gasteiger partial charge in [-0.15, -0.1) is 0 Å². The summed E-state index contributed by atoms with van der Waals surface area (Å²) in [6.45, 7) is 6.29. The Labute approximate surface area is 84.4 Å². The van der Waals surface area contributed by atoms with E-state index in [0.717, 1.165) is 17.8 Å². The fraction of sp³-hybridized carbons (Fsp3) is 0.600. The Kier molecular flexibility index (Phi) is 3.83. The van der Waals surface area contributed by atoms with Gasteiger partial charge in [0.15, 0.2) is 0 Å². The van der Waals surface area contributed by atoms with Gasteiger partial charge in [-0.05, 0) is 26.3 Å². The normalized spacial score (nSPS) is 12.6. The largest absolute Gasteiger partial charge is 0.391 e. The fourth-order valence-corrected chi connectivity index (χ4v) is 1.16. The molecule has 0 aliphatic rings. The Bertz CT molecular complexity index is 281. The molecule has 4 nitrogen and oxygen atoms in total. The molecule has 0 aromatic carbocycles. The van der Waals surface area contributed by atoms with Gasteiger partial charge in [0.05, 0.1) is 6.10 Å². The molecule has 0 radical (unpaired) electrons. The predicted molar refractivity (Wildman–Crippen MR) is 56.3 cm³/mol. The number of aliphatic hydroxyl groups excluding tert-OH is 1. The van der Waals surface area contributed by atoms with Gasteiger partial charge in [0, 0.05) is 17.9 Å². The molecule has 14 heavy (non-hydrogen) atoms. The van der Waals surface area contributed by atoms with Gasteiger partial charge < -0.3 is 10.4 Å². The molecule has 0 spiro atoms. The summed E-state index contributed by atoms with van der Waals surface area (Å²) in [6, 6.07) is 1.92. The van der Waals surface area contributed by atoms with Crippen LogP contribution in [-0.2, 0) is 0 Å². The number of anilines is 1. The number of hydrogen-bond donors (Lipinski definition) is 2. The van der Waals surface area contributed by atoms with Crippen molar-refractivity contribution in [2.24, 2.45) is 0 Å². The minimum atomic E-state index is -0.334. The molecule has 0 aliphatic carbocycles. The third-order valence-corrected chi connectivity index (χ3v) is 1.95. The molecule has 0 bridgehead atoms. The van der Waals surface area contributed by atoms with Gasteiger partial charge in [0.1, 0.15) is 0 Å². The number of nitrogens with one attached hydrogen (secondary N) is 1. The molecule has 1 rings (SSSR count). The maximum absolute atomic E-state index is 9.34. The molecule has 78 valence electrons. The monoisotopic (exact) mass is 195 g/mol. The van der Waals surface area contributed by atoms with Crippen LogP contribution in [0.5, 0.6) is 0 Å². The third-order valence-electron chi connectivity index (χ3n) is 1.95. The van der Waals surface area contributed by atoms with E-state index in [9.17, 15) is 5.11 Å². The number of aromatic nitrogens is 2. The smallest absolute Gasteiger partial charge is 0.223 e. The van der Waals surface area contributed by atoms with Crippen LogP contribution in [0.4, 0.5) is 5.95 Å². The van der Waals surface area contributed by atoms with E-state index >= 15 is 0 Å². The molecular formula is C10H17N3O. The molecule has 0 aliphatic heterocycles. The number of rotatable bonds is 4. The van der Waals surface area contributed by atoms with E-state index in [1.807, 2.05) is 26.8 Å². The number of hydrogen-bond acceptors (Lipinski definition) is 4. The zero-order valence-corrected chi connectivity index (χ0v) is 8.91. The summed E-state index contributed by atoms with van der Waals surface area (Å²) in [7, 11) is 0. The Hall–Kier alpha value is -1.16. The van der Waals surface area contributed by atoms with Crippen molar-refractivity contribution in [1.82, 2.24) is 9.97 Å². The summed E-state index contributed by atoms with van der Waals surface area (Å²) in [5.74, 6) is 0.593. The average molecular weight is 195 g/mol. The third kappa shape index (κ3) is 3.30. The molecule has 1 heterocycles. The first-order chi connectivity index (χ1) is 6.61. The van der Waals surface area contributed by atoms with Crippen molar-refractivity contribution >= 4 is 5.95 Å². The first-order valence-electron chi connectivity index (χ1n) is 4.86. The predicted octanol–water partition coefficient (Wildman–Crippen LogP) is 1.28. The Morgan fingerprint density at radius 1 is 1.36 bits per heavy atom. The first kappa shape index (κ1) is 10.9. The minimum Gasteiger partial charge on any atom is -0.391 e. The van der Waals surface area contributed by atoms with Crippen LogP contribution in [0.15, 0.2) is 6.07 Å².